The zero-order chi connectivity index (χ0) is 42.5. The summed E-state index contributed by atoms with van der Waals surface area (Å²) in [5.74, 6) is -1.89. The molecule has 6 rings (SSSR count). The van der Waals surface area contributed by atoms with Gasteiger partial charge in [-0.1, -0.05) is 0 Å². The van der Waals surface area contributed by atoms with E-state index in [1.54, 1.807) is 4.90 Å². The van der Waals surface area contributed by atoms with E-state index in [9.17, 15) is 44.4 Å². The molecule has 2 aromatic heterocycles. The summed E-state index contributed by atoms with van der Waals surface area (Å²) in [4.78, 5) is 17.4. The first-order chi connectivity index (χ1) is 28.0. The Labute approximate surface area is 418 Å². The molecule has 33 heteroatoms. The molecule has 0 radical (unpaired) electrons. The molecule has 1 aliphatic rings. The van der Waals surface area contributed by atoms with Crippen molar-refractivity contribution in [2.75, 3.05) is 53.3 Å². The number of azo groups is 2. The molecule has 1 fully saturated rings. The maximum Gasteiger partial charge on any atom is 1.00 e. The predicted molar refractivity (Wildman–Crippen MR) is 192 cm³/mol. The number of aromatic nitrogens is 5. The molecular formula is C29H22F3N14Na3O10S3. The molecule has 0 spiro atoms. The van der Waals surface area contributed by atoms with Crippen LogP contribution < -0.4 is 121 Å². The van der Waals surface area contributed by atoms with Crippen molar-refractivity contribution >= 4 is 95.5 Å². The number of halogens is 3. The first-order valence-corrected chi connectivity index (χ1v) is 19.4. The van der Waals surface area contributed by atoms with Gasteiger partial charge in [-0.05, 0) is 42.5 Å². The predicted octanol–water partition coefficient (Wildman–Crippen LogP) is -5.55. The Morgan fingerprint density at radius 3 is 2.00 bits per heavy atom. The number of rotatable bonds is 14. The van der Waals surface area contributed by atoms with E-state index in [2.05, 4.69) is 65.4 Å². The molecule has 3 aromatic carbocycles. The van der Waals surface area contributed by atoms with Gasteiger partial charge in [-0.3, -0.25) is 5.04 Å². The van der Waals surface area contributed by atoms with Crippen LogP contribution in [0.25, 0.3) is 0 Å². The van der Waals surface area contributed by atoms with Gasteiger partial charge in [0.25, 0.3) is 0 Å². The van der Waals surface area contributed by atoms with E-state index < -0.39 is 82.4 Å². The van der Waals surface area contributed by atoms with E-state index in [1.165, 1.54) is 18.2 Å². The zero-order valence-corrected chi connectivity index (χ0v) is 40.5. The molecule has 6 N–H and O–H groups in total. The molecule has 0 amide bonds. The van der Waals surface area contributed by atoms with Gasteiger partial charge in [0, 0.05) is 30.5 Å². The van der Waals surface area contributed by atoms with Crippen LogP contribution in [0.1, 0.15) is 0 Å². The standard InChI is InChI=1S/C29H25F3N14O10S3.3Na/c30-21-12-22(38-26(31)37-21)35-13-2-4-19(58(48,49)50)16(10-13)43-44-17-11-20(59(51,52)53)24(34)25(23(17)33)45-42-15-9-14(1-3-18(15)57-56-55-47)36-28-39-27(32)40-29(41-28)46-5-7-54-8-6-46;;;/h1-4,9-12,47H,5-8,33-34H2,(H,35,37,38)(H,48,49,50)(H,51,52,53)(H,36,39,40,41);;;/q;3*+1/p-3. The van der Waals surface area contributed by atoms with Crippen LogP contribution >= 0.6 is 12.0 Å². The first kappa shape index (κ1) is 53.1. The monoisotopic (exact) mass is 948 g/mol. The summed E-state index contributed by atoms with van der Waals surface area (Å²) in [7, 11) is -10.7. The Morgan fingerprint density at radius 1 is 0.726 bits per heavy atom. The van der Waals surface area contributed by atoms with E-state index in [0.29, 0.717) is 50.5 Å². The number of nitrogens with two attached hydrogens (primary N) is 2. The third kappa shape index (κ3) is 13.9. The van der Waals surface area contributed by atoms with Crippen molar-refractivity contribution in [2.24, 2.45) is 20.5 Å². The molecule has 3 heterocycles. The van der Waals surface area contributed by atoms with Crippen LogP contribution in [-0.2, 0) is 34.3 Å². The molecule has 0 atom stereocenters. The minimum absolute atomic E-state index is 0. The van der Waals surface area contributed by atoms with Gasteiger partial charge in [-0.25, -0.2) is 16.8 Å². The SMILES string of the molecule is Nc1c(N=Nc2cc(Nc3cc(F)nc(F)n3)ccc2S(=O)(=O)[O-])cc(S(=O)(=O)[O-])c(N)c1N=Nc1cc(Nc2nc(F)nc(N3CCOCC3)n2)ccc1SOO[O-].[Na+].[Na+].[Na+]. The molecule has 0 unspecified atom stereocenters. The number of nitrogens with zero attached hydrogens (tertiary/aromatic N) is 10. The van der Waals surface area contributed by atoms with Gasteiger partial charge in [-0.2, -0.15) is 42.4 Å². The van der Waals surface area contributed by atoms with Crippen molar-refractivity contribution in [1.82, 2.24) is 24.9 Å². The van der Waals surface area contributed by atoms with Crippen molar-refractivity contribution in [3.8, 4) is 0 Å². The molecule has 1 aliphatic heterocycles. The Morgan fingerprint density at radius 2 is 1.34 bits per heavy atom. The van der Waals surface area contributed by atoms with Gasteiger partial charge in [0.05, 0.1) is 51.3 Å². The second-order valence-corrected chi connectivity index (χ2v) is 14.8. The Hall–Kier alpha value is -3.25. The second-order valence-electron chi connectivity index (χ2n) is 11.4. The Bertz CT molecular complexity index is 2690. The van der Waals surface area contributed by atoms with Crippen LogP contribution in [0.15, 0.2) is 83.7 Å². The third-order valence-electron chi connectivity index (χ3n) is 7.54. The van der Waals surface area contributed by atoms with Crippen LogP contribution in [0.4, 0.5) is 76.4 Å². The van der Waals surface area contributed by atoms with E-state index >= 15 is 0 Å². The number of morpholine rings is 1. The number of ether oxygens (including phenoxy) is 1. The molecule has 5 aromatic rings. The van der Waals surface area contributed by atoms with Crippen LogP contribution in [0.2, 0.25) is 0 Å². The van der Waals surface area contributed by atoms with Gasteiger partial charge >= 0.3 is 101 Å². The second kappa shape index (κ2) is 23.1. The van der Waals surface area contributed by atoms with Crippen LogP contribution in [-0.4, -0.2) is 77.2 Å². The molecule has 0 bridgehead atoms. The quantitative estimate of drug-likeness (QED) is 0.00928. The Balaban J connectivity index is 0.00000341. The summed E-state index contributed by atoms with van der Waals surface area (Å²) in [6.07, 6.45) is -2.55. The maximum atomic E-state index is 14.4. The van der Waals surface area contributed by atoms with Crippen LogP contribution in [0.5, 0.6) is 0 Å². The maximum absolute atomic E-state index is 14.4. The minimum atomic E-state index is -5.43. The average molecular weight is 949 g/mol. The fraction of sp³-hybridized carbons (Fsp3) is 0.138. The average Bonchev–Trinajstić information content (AvgIpc) is 3.16. The largest absolute Gasteiger partial charge is 1.00 e. The summed E-state index contributed by atoms with van der Waals surface area (Å²) in [5, 5.41) is 34.6. The fourth-order valence-corrected chi connectivity index (χ4v) is 6.60. The van der Waals surface area contributed by atoms with Crippen LogP contribution in [0.3, 0.4) is 0 Å². The number of benzene rings is 3. The minimum Gasteiger partial charge on any atom is -0.744 e. The Kier molecular flexibility index (Phi) is 19.8. The molecule has 24 nitrogen and oxygen atoms in total. The molecule has 1 saturated heterocycles. The van der Waals surface area contributed by atoms with Gasteiger partial charge in [0.1, 0.15) is 48.8 Å². The number of hydrogen-bond acceptors (Lipinski definition) is 25. The summed E-state index contributed by atoms with van der Waals surface area (Å²) in [6, 6.07) is 7.96. The van der Waals surface area contributed by atoms with Crippen molar-refractivity contribution in [3.63, 3.8) is 0 Å². The number of nitrogens with one attached hydrogen (secondary N) is 2. The van der Waals surface area contributed by atoms with Crippen molar-refractivity contribution in [1.29, 1.82) is 0 Å². The molecule has 0 saturated carbocycles. The summed E-state index contributed by atoms with van der Waals surface area (Å²) >= 11 is 0.350. The van der Waals surface area contributed by atoms with E-state index in [-0.39, 0.29) is 123 Å². The molecule has 310 valence electrons. The van der Waals surface area contributed by atoms with Crippen molar-refractivity contribution in [2.45, 2.75) is 14.7 Å². The molecular weight excluding hydrogens is 927 g/mol. The van der Waals surface area contributed by atoms with Gasteiger partial charge < -0.3 is 46.1 Å². The normalized spacial score (nSPS) is 13.0. The van der Waals surface area contributed by atoms with E-state index in [4.69, 9.17) is 16.2 Å². The fourth-order valence-electron chi connectivity index (χ4n) is 4.98. The molecule has 0 aliphatic carbocycles. The molecule has 62 heavy (non-hydrogen) atoms. The van der Waals surface area contributed by atoms with Crippen molar-refractivity contribution < 1.29 is 147 Å². The smallest absolute Gasteiger partial charge is 0.744 e. The summed E-state index contributed by atoms with van der Waals surface area (Å²) in [5.41, 5.74) is 8.61. The van der Waals surface area contributed by atoms with Crippen LogP contribution in [0, 0.1) is 18.1 Å². The number of anilines is 7. The third-order valence-corrected chi connectivity index (χ3v) is 9.95. The topological polar surface area (TPSA) is 358 Å². The van der Waals surface area contributed by atoms with E-state index in [0.717, 1.165) is 18.2 Å². The number of hydrogen-bond donors (Lipinski definition) is 4. The first-order valence-electron chi connectivity index (χ1n) is 15.9. The summed E-state index contributed by atoms with van der Waals surface area (Å²) < 4.78 is 124. The number of nitrogen functional groups attached to an aromatic ring is 2. The van der Waals surface area contributed by atoms with Gasteiger partial charge in [0.2, 0.25) is 17.8 Å². The van der Waals surface area contributed by atoms with Gasteiger partial charge in [0.15, 0.2) is 0 Å². The zero-order valence-electron chi connectivity index (χ0n) is 32.0. The van der Waals surface area contributed by atoms with E-state index in [1.807, 2.05) is 0 Å². The summed E-state index contributed by atoms with van der Waals surface area (Å²) in [6.45, 7) is 1.49. The van der Waals surface area contributed by atoms with Crippen molar-refractivity contribution in [3.05, 3.63) is 66.6 Å². The van der Waals surface area contributed by atoms with Gasteiger partial charge in [-0.15, -0.1) is 20.5 Å².